The Morgan fingerprint density at radius 1 is 0.214 bits per heavy atom. The summed E-state index contributed by atoms with van der Waals surface area (Å²) < 4.78 is 9.37. The van der Waals surface area contributed by atoms with Gasteiger partial charge in [0.05, 0.1) is 44.1 Å². The molecule has 0 unspecified atom stereocenters. The lowest BCUT2D eigenvalue weighted by molar-refractivity contribution is 0.893. The summed E-state index contributed by atoms with van der Waals surface area (Å²) in [6.07, 6.45) is 0. The highest BCUT2D eigenvalue weighted by atomic mass is 15.3. The van der Waals surface area contributed by atoms with Crippen LogP contribution in [0.5, 0.6) is 0 Å². The van der Waals surface area contributed by atoms with Crippen LogP contribution in [-0.4, -0.2) is 33.2 Å². The molecule has 0 aliphatic carbocycles. The van der Waals surface area contributed by atoms with Gasteiger partial charge in [0, 0.05) is 60.0 Å². The standard InChI is InChI=1S/C63H39N7/c1-4-18-40(19-5-1)41-32-34-42(35-33-41)61-64-62(69-55-30-16-12-26-47(55)51-38-36-49-45-24-10-14-28-53(45)67(57(49)59(51)69)43-20-6-2-7-21-43)66-63(65-61)70-56-31-17-13-27-48(56)52-39-37-50-46-25-11-15-29-54(46)68(58(50)60(52)70)44-22-8-3-9-23-44/h1-39H. The summed E-state index contributed by atoms with van der Waals surface area (Å²) in [5.74, 6) is 1.62. The average Bonchev–Trinajstić information content (AvgIpc) is 4.17. The van der Waals surface area contributed by atoms with Crippen LogP contribution in [-0.2, 0) is 0 Å². The van der Waals surface area contributed by atoms with Gasteiger partial charge in [0.25, 0.3) is 0 Å². The minimum atomic E-state index is 0.525. The van der Waals surface area contributed by atoms with Gasteiger partial charge in [0.2, 0.25) is 11.9 Å². The van der Waals surface area contributed by atoms with Gasteiger partial charge in [-0.1, -0.05) is 188 Å². The fraction of sp³-hybridized carbons (Fsp3) is 0. The lowest BCUT2D eigenvalue weighted by atomic mass is 10.0. The van der Waals surface area contributed by atoms with E-state index < -0.39 is 0 Å². The molecule has 7 heteroatoms. The van der Waals surface area contributed by atoms with Crippen LogP contribution in [0.25, 0.3) is 133 Å². The van der Waals surface area contributed by atoms with E-state index in [2.05, 4.69) is 255 Å². The molecule has 5 aromatic heterocycles. The van der Waals surface area contributed by atoms with Gasteiger partial charge in [-0.3, -0.25) is 9.13 Å². The van der Waals surface area contributed by atoms with E-state index in [4.69, 9.17) is 15.0 Å². The zero-order chi connectivity index (χ0) is 45.9. The maximum absolute atomic E-state index is 5.72. The number of hydrogen-bond acceptors (Lipinski definition) is 3. The molecule has 0 saturated heterocycles. The molecule has 70 heavy (non-hydrogen) atoms. The maximum Gasteiger partial charge on any atom is 0.240 e. The van der Waals surface area contributed by atoms with Crippen LogP contribution in [0.2, 0.25) is 0 Å². The zero-order valence-electron chi connectivity index (χ0n) is 37.6. The van der Waals surface area contributed by atoms with Gasteiger partial charge < -0.3 is 9.13 Å². The second-order valence-corrected chi connectivity index (χ2v) is 18.0. The van der Waals surface area contributed by atoms with Crippen molar-refractivity contribution in [3.8, 4) is 45.8 Å². The number of nitrogens with zero attached hydrogens (tertiary/aromatic N) is 7. The third kappa shape index (κ3) is 5.54. The number of benzene rings is 10. The summed E-state index contributed by atoms with van der Waals surface area (Å²) >= 11 is 0. The second kappa shape index (κ2) is 15.0. The molecule has 0 bridgehead atoms. The summed E-state index contributed by atoms with van der Waals surface area (Å²) in [5, 5.41) is 9.13. The molecule has 5 heterocycles. The number of fused-ring (bicyclic) bond motifs is 14. The second-order valence-electron chi connectivity index (χ2n) is 18.0. The molecule has 10 aromatic carbocycles. The summed E-state index contributed by atoms with van der Waals surface area (Å²) in [5.41, 5.74) is 13.8. The molecule has 0 aliphatic rings. The summed E-state index contributed by atoms with van der Waals surface area (Å²) in [6.45, 7) is 0. The van der Waals surface area contributed by atoms with Gasteiger partial charge in [-0.05, 0) is 59.7 Å². The summed E-state index contributed by atoms with van der Waals surface area (Å²) in [4.78, 5) is 16.8. The van der Waals surface area contributed by atoms with Crippen LogP contribution in [0.4, 0.5) is 0 Å². The van der Waals surface area contributed by atoms with E-state index in [1.165, 1.54) is 10.8 Å². The van der Waals surface area contributed by atoms with Gasteiger partial charge in [0.15, 0.2) is 5.82 Å². The SMILES string of the molecule is c1ccc(-c2ccc(-c3nc(-n4c5ccccc5c5ccc6c7ccccc7n(-c7ccccc7)c6c54)nc(-n4c5ccccc5c5ccc6c7ccccc7n(-c7ccccc7)c6c54)n3)cc2)cc1. The molecule has 0 fully saturated rings. The molecule has 15 rings (SSSR count). The number of para-hydroxylation sites is 6. The largest absolute Gasteiger partial charge is 0.307 e. The van der Waals surface area contributed by atoms with Crippen molar-refractivity contribution in [2.24, 2.45) is 0 Å². The van der Waals surface area contributed by atoms with Crippen molar-refractivity contribution >= 4 is 87.2 Å². The van der Waals surface area contributed by atoms with E-state index in [1.807, 2.05) is 0 Å². The Morgan fingerprint density at radius 2 is 0.514 bits per heavy atom. The van der Waals surface area contributed by atoms with Gasteiger partial charge in [-0.25, -0.2) is 0 Å². The van der Waals surface area contributed by atoms with Gasteiger partial charge in [-0.15, -0.1) is 0 Å². The molecule has 0 radical (unpaired) electrons. The van der Waals surface area contributed by atoms with Crippen LogP contribution in [0.1, 0.15) is 0 Å². The first-order valence-electron chi connectivity index (χ1n) is 23.7. The fourth-order valence-electron chi connectivity index (χ4n) is 11.2. The number of rotatable bonds is 6. The molecule has 0 saturated carbocycles. The molecular weight excluding hydrogens is 855 g/mol. The van der Waals surface area contributed by atoms with E-state index >= 15 is 0 Å². The average molecular weight is 894 g/mol. The van der Waals surface area contributed by atoms with Crippen molar-refractivity contribution < 1.29 is 0 Å². The van der Waals surface area contributed by atoms with Crippen molar-refractivity contribution in [3.63, 3.8) is 0 Å². The van der Waals surface area contributed by atoms with Gasteiger partial charge in [0.1, 0.15) is 0 Å². The highest BCUT2D eigenvalue weighted by Gasteiger charge is 2.26. The maximum atomic E-state index is 5.72. The quantitative estimate of drug-likeness (QED) is 0.167. The Labute approximate surface area is 401 Å². The lowest BCUT2D eigenvalue weighted by Gasteiger charge is -2.15. The van der Waals surface area contributed by atoms with E-state index in [-0.39, 0.29) is 0 Å². The molecule has 0 atom stereocenters. The summed E-state index contributed by atoms with van der Waals surface area (Å²) in [6, 6.07) is 84.2. The first-order valence-corrected chi connectivity index (χ1v) is 23.7. The first-order chi connectivity index (χ1) is 34.8. The highest BCUT2D eigenvalue weighted by molar-refractivity contribution is 6.25. The summed E-state index contributed by atoms with van der Waals surface area (Å²) in [7, 11) is 0. The molecule has 15 aromatic rings. The van der Waals surface area contributed by atoms with Crippen LogP contribution < -0.4 is 0 Å². The van der Waals surface area contributed by atoms with Crippen molar-refractivity contribution in [2.75, 3.05) is 0 Å². The molecule has 326 valence electrons. The van der Waals surface area contributed by atoms with Gasteiger partial charge in [-0.2, -0.15) is 15.0 Å². The Balaban J connectivity index is 1.11. The number of hydrogen-bond donors (Lipinski definition) is 0. The minimum absolute atomic E-state index is 0.525. The molecule has 0 aliphatic heterocycles. The van der Waals surface area contributed by atoms with Crippen molar-refractivity contribution in [1.82, 2.24) is 33.2 Å². The predicted molar refractivity (Wildman–Crippen MR) is 288 cm³/mol. The Kier molecular flexibility index (Phi) is 8.23. The van der Waals surface area contributed by atoms with Crippen molar-refractivity contribution in [2.45, 2.75) is 0 Å². The van der Waals surface area contributed by atoms with Crippen molar-refractivity contribution in [1.29, 1.82) is 0 Å². The Bertz CT molecular complexity index is 4310. The van der Waals surface area contributed by atoms with Crippen LogP contribution >= 0.6 is 0 Å². The van der Waals surface area contributed by atoms with Crippen LogP contribution in [0.15, 0.2) is 237 Å². The third-order valence-electron chi connectivity index (χ3n) is 14.2. The predicted octanol–water partition coefficient (Wildman–Crippen LogP) is 15.6. The van der Waals surface area contributed by atoms with E-state index in [9.17, 15) is 0 Å². The highest BCUT2D eigenvalue weighted by Crippen LogP contribution is 2.44. The molecule has 0 amide bonds. The lowest BCUT2D eigenvalue weighted by Crippen LogP contribution is -2.11. The van der Waals surface area contributed by atoms with E-state index in [0.717, 1.165) is 105 Å². The van der Waals surface area contributed by atoms with E-state index in [0.29, 0.717) is 17.7 Å². The third-order valence-corrected chi connectivity index (χ3v) is 14.2. The minimum Gasteiger partial charge on any atom is -0.307 e. The zero-order valence-corrected chi connectivity index (χ0v) is 37.6. The number of aromatic nitrogens is 7. The first kappa shape index (κ1) is 38.5. The molecule has 0 spiro atoms. The van der Waals surface area contributed by atoms with Crippen LogP contribution in [0, 0.1) is 0 Å². The topological polar surface area (TPSA) is 58.4 Å². The fourth-order valence-corrected chi connectivity index (χ4v) is 11.2. The molecular formula is C63H39N7. The van der Waals surface area contributed by atoms with Gasteiger partial charge >= 0.3 is 0 Å². The normalized spacial score (nSPS) is 12.0. The van der Waals surface area contributed by atoms with E-state index in [1.54, 1.807) is 0 Å². The smallest absolute Gasteiger partial charge is 0.240 e. The van der Waals surface area contributed by atoms with Crippen molar-refractivity contribution in [3.05, 3.63) is 237 Å². The Morgan fingerprint density at radius 3 is 0.914 bits per heavy atom. The Hall–Kier alpha value is -9.59. The monoisotopic (exact) mass is 893 g/mol. The van der Waals surface area contributed by atoms with Crippen LogP contribution in [0.3, 0.4) is 0 Å². The molecule has 0 N–H and O–H groups in total. The molecule has 7 nitrogen and oxygen atoms in total.